The van der Waals surface area contributed by atoms with Crippen LogP contribution in [-0.2, 0) is 0 Å². The van der Waals surface area contributed by atoms with Gasteiger partial charge in [-0.3, -0.25) is 0 Å². The third-order valence-electron chi connectivity index (χ3n) is 13.7. The summed E-state index contributed by atoms with van der Waals surface area (Å²) in [4.78, 5) is 0. The molecule has 3 aliphatic rings. The van der Waals surface area contributed by atoms with Crippen LogP contribution in [-0.4, -0.2) is 0 Å². The van der Waals surface area contributed by atoms with Crippen molar-refractivity contribution in [3.8, 4) is 111 Å². The maximum absolute atomic E-state index is 2.44. The highest BCUT2D eigenvalue weighted by molar-refractivity contribution is 6.30. The Kier molecular flexibility index (Phi) is 6.38. The van der Waals surface area contributed by atoms with Crippen LogP contribution in [0.1, 0.15) is 0 Å². The van der Waals surface area contributed by atoms with Gasteiger partial charge in [-0.25, -0.2) is 0 Å². The van der Waals surface area contributed by atoms with E-state index in [-0.39, 0.29) is 0 Å². The zero-order valence-corrected chi connectivity index (χ0v) is 32.6. The molecule has 274 valence electrons. The SMILES string of the molecule is c1ccc(-c2c(-c3ccc4c5c(cccc35)-c3ccccc3-4)c(-c3ccc4c5c(cccc35)-c3ccccc3-4)c(-c3ccccc3)c3c2-c2cccc4cccc-3c24)cc1. The molecule has 0 heterocycles. The molecular formula is C60H34. The average molecular weight is 755 g/mol. The summed E-state index contributed by atoms with van der Waals surface area (Å²) in [5.41, 5.74) is 25.8. The summed E-state index contributed by atoms with van der Waals surface area (Å²) in [5.74, 6) is 0. The maximum Gasteiger partial charge on any atom is -0.000719 e. The molecule has 14 rings (SSSR count). The lowest BCUT2D eigenvalue weighted by atomic mass is 9.75. The van der Waals surface area contributed by atoms with Crippen molar-refractivity contribution in [3.63, 3.8) is 0 Å². The van der Waals surface area contributed by atoms with Crippen LogP contribution in [0.15, 0.2) is 206 Å². The third kappa shape index (κ3) is 4.10. The normalized spacial score (nSPS) is 12.3. The first-order valence-electron chi connectivity index (χ1n) is 21.0. The molecule has 11 aromatic rings. The Morgan fingerprint density at radius 1 is 0.167 bits per heavy atom. The van der Waals surface area contributed by atoms with Crippen LogP contribution in [0.5, 0.6) is 0 Å². The van der Waals surface area contributed by atoms with Gasteiger partial charge in [0.15, 0.2) is 0 Å². The van der Waals surface area contributed by atoms with Crippen LogP contribution in [0.2, 0.25) is 0 Å². The predicted molar refractivity (Wildman–Crippen MR) is 254 cm³/mol. The molecule has 0 heteroatoms. The molecule has 0 N–H and O–H groups in total. The van der Waals surface area contributed by atoms with Gasteiger partial charge in [-0.05, 0) is 144 Å². The molecule has 0 saturated heterocycles. The molecule has 0 fully saturated rings. The van der Waals surface area contributed by atoms with Gasteiger partial charge in [0.05, 0.1) is 0 Å². The highest BCUT2D eigenvalue weighted by atomic mass is 14.4. The Bertz CT molecular complexity index is 3380. The molecule has 0 aliphatic heterocycles. The van der Waals surface area contributed by atoms with Crippen LogP contribution in [0.3, 0.4) is 0 Å². The average Bonchev–Trinajstić information content (AvgIpc) is 3.95. The maximum atomic E-state index is 2.44. The first-order valence-corrected chi connectivity index (χ1v) is 21.0. The summed E-state index contributed by atoms with van der Waals surface area (Å²) >= 11 is 0. The van der Waals surface area contributed by atoms with E-state index in [9.17, 15) is 0 Å². The summed E-state index contributed by atoms with van der Waals surface area (Å²) in [6, 6.07) is 77.7. The van der Waals surface area contributed by atoms with Gasteiger partial charge < -0.3 is 0 Å². The highest BCUT2D eigenvalue weighted by Gasteiger charge is 2.36. The third-order valence-corrected chi connectivity index (χ3v) is 13.7. The largest absolute Gasteiger partial charge is 0.0622 e. The van der Waals surface area contributed by atoms with E-state index in [1.807, 2.05) is 0 Å². The minimum atomic E-state index is 1.22. The minimum Gasteiger partial charge on any atom is -0.0622 e. The Morgan fingerprint density at radius 2 is 0.483 bits per heavy atom. The molecule has 0 spiro atoms. The van der Waals surface area contributed by atoms with E-state index >= 15 is 0 Å². The molecule has 60 heavy (non-hydrogen) atoms. The lowest BCUT2D eigenvalue weighted by Gasteiger charge is -2.27. The molecule has 0 nitrogen and oxygen atoms in total. The smallest absolute Gasteiger partial charge is 0.000719 e. The molecule has 0 saturated carbocycles. The first-order chi connectivity index (χ1) is 29.8. The van der Waals surface area contributed by atoms with Crippen LogP contribution in [0.4, 0.5) is 0 Å². The fraction of sp³-hybridized carbons (Fsp3) is 0. The van der Waals surface area contributed by atoms with Crippen LogP contribution in [0.25, 0.3) is 144 Å². The van der Waals surface area contributed by atoms with Gasteiger partial charge in [0, 0.05) is 0 Å². The van der Waals surface area contributed by atoms with E-state index < -0.39 is 0 Å². The van der Waals surface area contributed by atoms with Crippen molar-refractivity contribution in [2.24, 2.45) is 0 Å². The van der Waals surface area contributed by atoms with Crippen molar-refractivity contribution < 1.29 is 0 Å². The zero-order valence-electron chi connectivity index (χ0n) is 32.6. The molecule has 11 aromatic carbocycles. The molecule has 0 unspecified atom stereocenters. The molecule has 0 bridgehead atoms. The number of hydrogen-bond donors (Lipinski definition) is 0. The number of rotatable bonds is 4. The fourth-order valence-corrected chi connectivity index (χ4v) is 11.4. The Balaban J connectivity index is 1.25. The summed E-state index contributed by atoms with van der Waals surface area (Å²) in [6.45, 7) is 0. The Hall–Kier alpha value is -7.80. The highest BCUT2D eigenvalue weighted by Crippen LogP contribution is 2.63. The Labute approximate surface area is 348 Å². The fourth-order valence-electron chi connectivity index (χ4n) is 11.4. The quantitative estimate of drug-likeness (QED) is 0.168. The van der Waals surface area contributed by atoms with Gasteiger partial charge in [0.25, 0.3) is 0 Å². The minimum absolute atomic E-state index is 1.22. The van der Waals surface area contributed by atoms with E-state index in [2.05, 4.69) is 206 Å². The van der Waals surface area contributed by atoms with Gasteiger partial charge in [-0.1, -0.05) is 206 Å². The number of fused-ring (bicyclic) bond motifs is 9. The van der Waals surface area contributed by atoms with E-state index in [0.29, 0.717) is 0 Å². The molecule has 0 amide bonds. The summed E-state index contributed by atoms with van der Waals surface area (Å²) in [6.07, 6.45) is 0. The standard InChI is InChI=1S/C60H34/c1-3-15-36(16-4-1)53-57(48-33-31-46-40-23-9-7-21-38(40)42-25-13-27-44(48)55(42)46)58(49-34-32-47-41-24-10-8-22-39(41)43-26-14-28-45(49)56(43)47)54(37-17-5-2-6-18-37)60-51-30-12-20-35-19-11-29-50(52(35)51)59(53)60/h1-34H. The van der Waals surface area contributed by atoms with Crippen molar-refractivity contribution >= 4 is 32.3 Å². The molecule has 3 aliphatic carbocycles. The predicted octanol–water partition coefficient (Wildman–Crippen LogP) is 16.8. The van der Waals surface area contributed by atoms with E-state index in [0.717, 1.165) is 0 Å². The van der Waals surface area contributed by atoms with Crippen molar-refractivity contribution in [2.45, 2.75) is 0 Å². The first kappa shape index (κ1) is 32.2. The molecule has 0 atom stereocenters. The molecule has 0 aromatic heterocycles. The number of benzene rings is 11. The second-order valence-corrected chi connectivity index (χ2v) is 16.6. The summed E-state index contributed by atoms with van der Waals surface area (Å²) in [5, 5.41) is 7.84. The van der Waals surface area contributed by atoms with E-state index in [1.54, 1.807) is 0 Å². The second kappa shape index (κ2) is 11.9. The van der Waals surface area contributed by atoms with Crippen LogP contribution in [0, 0.1) is 0 Å². The topological polar surface area (TPSA) is 0 Å². The van der Waals surface area contributed by atoms with Gasteiger partial charge in [0.2, 0.25) is 0 Å². The Morgan fingerprint density at radius 3 is 0.917 bits per heavy atom. The van der Waals surface area contributed by atoms with Gasteiger partial charge >= 0.3 is 0 Å². The van der Waals surface area contributed by atoms with Gasteiger partial charge in [-0.15, -0.1) is 0 Å². The monoisotopic (exact) mass is 754 g/mol. The van der Waals surface area contributed by atoms with Gasteiger partial charge in [-0.2, -0.15) is 0 Å². The zero-order chi connectivity index (χ0) is 39.1. The van der Waals surface area contributed by atoms with Crippen LogP contribution < -0.4 is 0 Å². The summed E-state index contributed by atoms with van der Waals surface area (Å²) in [7, 11) is 0. The van der Waals surface area contributed by atoms with E-state index in [4.69, 9.17) is 0 Å². The molecular weight excluding hydrogens is 721 g/mol. The lowest BCUT2D eigenvalue weighted by Crippen LogP contribution is -2.00. The van der Waals surface area contributed by atoms with Crippen LogP contribution >= 0.6 is 0 Å². The van der Waals surface area contributed by atoms with Gasteiger partial charge in [0.1, 0.15) is 0 Å². The summed E-state index contributed by atoms with van der Waals surface area (Å²) < 4.78 is 0. The number of hydrogen-bond acceptors (Lipinski definition) is 0. The molecule has 0 radical (unpaired) electrons. The van der Waals surface area contributed by atoms with Crippen molar-refractivity contribution in [1.82, 2.24) is 0 Å². The van der Waals surface area contributed by atoms with Crippen molar-refractivity contribution in [2.75, 3.05) is 0 Å². The second-order valence-electron chi connectivity index (χ2n) is 16.6. The lowest BCUT2D eigenvalue weighted by molar-refractivity contribution is 1.56. The van der Waals surface area contributed by atoms with Crippen molar-refractivity contribution in [3.05, 3.63) is 206 Å². The van der Waals surface area contributed by atoms with Crippen molar-refractivity contribution in [1.29, 1.82) is 0 Å². The van der Waals surface area contributed by atoms with E-state index in [1.165, 1.54) is 144 Å².